The number of amides is 1. The molecule has 0 spiro atoms. The van der Waals surface area contributed by atoms with Gasteiger partial charge >= 0.3 is 5.97 Å². The first-order valence-electron chi connectivity index (χ1n) is 7.53. The van der Waals surface area contributed by atoms with E-state index < -0.39 is 18.0 Å². The van der Waals surface area contributed by atoms with Gasteiger partial charge in [-0.1, -0.05) is 46.9 Å². The maximum absolute atomic E-state index is 12.1. The molecule has 5 nitrogen and oxygen atoms in total. The summed E-state index contributed by atoms with van der Waals surface area (Å²) in [6.07, 6.45) is 3.07. The molecule has 0 saturated carbocycles. The van der Waals surface area contributed by atoms with E-state index in [1.165, 1.54) is 25.3 Å². The summed E-state index contributed by atoms with van der Waals surface area (Å²) < 4.78 is 5.06. The number of nitrogens with one attached hydrogen (secondary N) is 1. The van der Waals surface area contributed by atoms with E-state index in [0.29, 0.717) is 10.0 Å². The van der Waals surface area contributed by atoms with Crippen LogP contribution in [0.3, 0.4) is 0 Å². The number of benzene rings is 1. The Kier molecular flexibility index (Phi) is 7.03. The van der Waals surface area contributed by atoms with Gasteiger partial charge in [0, 0.05) is 17.3 Å². The highest BCUT2D eigenvalue weighted by atomic mass is 35.5. The lowest BCUT2D eigenvalue weighted by Gasteiger charge is -2.12. The van der Waals surface area contributed by atoms with Crippen LogP contribution in [0.5, 0.6) is 0 Å². The Bertz CT molecular complexity index is 869. The number of pyridine rings is 1. The van der Waals surface area contributed by atoms with Crippen LogP contribution in [0.15, 0.2) is 36.5 Å². The number of carbonyl (C=O) groups excluding carboxylic acids is 2. The molecule has 2 aromatic rings. The molecule has 26 heavy (non-hydrogen) atoms. The number of aromatic nitrogens is 1. The third-order valence-corrected chi connectivity index (χ3v) is 4.22. The summed E-state index contributed by atoms with van der Waals surface area (Å²) in [5.74, 6) is -1.10. The number of halogens is 3. The molecule has 0 aliphatic heterocycles. The molecule has 1 amide bonds. The van der Waals surface area contributed by atoms with Crippen molar-refractivity contribution in [1.29, 1.82) is 0 Å². The molecule has 1 N–H and O–H groups in total. The summed E-state index contributed by atoms with van der Waals surface area (Å²) in [4.78, 5) is 27.9. The van der Waals surface area contributed by atoms with Gasteiger partial charge < -0.3 is 10.1 Å². The maximum Gasteiger partial charge on any atom is 0.331 e. The Morgan fingerprint density at radius 2 is 1.92 bits per heavy atom. The predicted octanol–water partition coefficient (Wildman–Crippen LogP) is 4.93. The second kappa shape index (κ2) is 9.03. The average molecular weight is 414 g/mol. The number of hydrogen-bond donors (Lipinski definition) is 1. The normalized spacial score (nSPS) is 12.0. The standard InChI is InChI=1S/C18H15Cl3N2O3/c1-10-3-4-12(7-14(10)20)5-6-16(24)26-11(2)18(25)23-17-15(21)8-13(19)9-22-17/h3-9,11H,1-2H3,(H,22,23,25)/b6-5+/t11-/m0/s1. The third-order valence-electron chi connectivity index (χ3n) is 3.32. The fraction of sp³-hybridized carbons (Fsp3) is 0.167. The zero-order chi connectivity index (χ0) is 19.3. The number of aryl methyl sites for hydroxylation is 1. The van der Waals surface area contributed by atoms with Crippen LogP contribution in [0, 0.1) is 6.92 Å². The summed E-state index contributed by atoms with van der Waals surface area (Å²) in [6, 6.07) is 6.82. The molecular weight excluding hydrogens is 399 g/mol. The van der Waals surface area contributed by atoms with Gasteiger partial charge in [-0.25, -0.2) is 9.78 Å². The van der Waals surface area contributed by atoms with Crippen LogP contribution in [0.1, 0.15) is 18.1 Å². The number of anilines is 1. The van der Waals surface area contributed by atoms with E-state index in [9.17, 15) is 9.59 Å². The second-order valence-electron chi connectivity index (χ2n) is 5.39. The number of hydrogen-bond acceptors (Lipinski definition) is 4. The number of esters is 1. The van der Waals surface area contributed by atoms with Crippen molar-refractivity contribution in [2.24, 2.45) is 0 Å². The van der Waals surface area contributed by atoms with Crippen molar-refractivity contribution in [1.82, 2.24) is 4.98 Å². The minimum absolute atomic E-state index is 0.133. The Morgan fingerprint density at radius 1 is 1.19 bits per heavy atom. The van der Waals surface area contributed by atoms with Crippen molar-refractivity contribution >= 4 is 58.6 Å². The van der Waals surface area contributed by atoms with Gasteiger partial charge in [0.25, 0.3) is 5.91 Å². The number of carbonyl (C=O) groups is 2. The van der Waals surface area contributed by atoms with E-state index in [4.69, 9.17) is 39.5 Å². The van der Waals surface area contributed by atoms with E-state index in [2.05, 4.69) is 10.3 Å². The molecular formula is C18H15Cl3N2O3. The van der Waals surface area contributed by atoms with E-state index in [-0.39, 0.29) is 10.8 Å². The first-order chi connectivity index (χ1) is 12.3. The van der Waals surface area contributed by atoms with Crippen molar-refractivity contribution in [3.05, 3.63) is 62.7 Å². The fourth-order valence-corrected chi connectivity index (χ4v) is 2.49. The van der Waals surface area contributed by atoms with E-state index in [1.54, 1.807) is 12.1 Å². The second-order valence-corrected chi connectivity index (χ2v) is 6.65. The average Bonchev–Trinajstić information content (AvgIpc) is 2.58. The molecule has 8 heteroatoms. The highest BCUT2D eigenvalue weighted by Crippen LogP contribution is 2.22. The smallest absolute Gasteiger partial charge is 0.331 e. The van der Waals surface area contributed by atoms with Crippen molar-refractivity contribution in [2.75, 3.05) is 5.32 Å². The van der Waals surface area contributed by atoms with Crippen LogP contribution in [-0.4, -0.2) is 23.0 Å². The van der Waals surface area contributed by atoms with Crippen LogP contribution in [0.25, 0.3) is 6.08 Å². The minimum atomic E-state index is -1.04. The van der Waals surface area contributed by atoms with Crippen LogP contribution in [0.2, 0.25) is 15.1 Å². The van der Waals surface area contributed by atoms with Gasteiger partial charge in [-0.05, 0) is 43.2 Å². The van der Waals surface area contributed by atoms with Crippen molar-refractivity contribution < 1.29 is 14.3 Å². The maximum atomic E-state index is 12.1. The zero-order valence-electron chi connectivity index (χ0n) is 13.9. The lowest BCUT2D eigenvalue weighted by atomic mass is 10.1. The fourth-order valence-electron chi connectivity index (χ4n) is 1.87. The molecule has 2 rings (SSSR count). The molecule has 0 saturated heterocycles. The van der Waals surface area contributed by atoms with Crippen LogP contribution in [0.4, 0.5) is 5.82 Å². The van der Waals surface area contributed by atoms with Gasteiger partial charge in [0.15, 0.2) is 11.9 Å². The van der Waals surface area contributed by atoms with Gasteiger partial charge in [0.05, 0.1) is 10.0 Å². The van der Waals surface area contributed by atoms with E-state index in [0.717, 1.165) is 11.1 Å². The Labute approximate surface area is 165 Å². The van der Waals surface area contributed by atoms with E-state index in [1.807, 2.05) is 19.1 Å². The molecule has 0 aliphatic carbocycles. The summed E-state index contributed by atoms with van der Waals surface area (Å²) in [5, 5.41) is 3.59. The Morgan fingerprint density at radius 3 is 2.58 bits per heavy atom. The third kappa shape index (κ3) is 5.73. The van der Waals surface area contributed by atoms with Crippen LogP contribution in [-0.2, 0) is 14.3 Å². The monoisotopic (exact) mass is 412 g/mol. The molecule has 1 heterocycles. The van der Waals surface area contributed by atoms with E-state index >= 15 is 0 Å². The van der Waals surface area contributed by atoms with Gasteiger partial charge in [-0.3, -0.25) is 4.79 Å². The first-order valence-corrected chi connectivity index (χ1v) is 8.66. The summed E-state index contributed by atoms with van der Waals surface area (Å²) in [7, 11) is 0. The molecule has 0 bridgehead atoms. The van der Waals surface area contributed by atoms with Crippen molar-refractivity contribution in [2.45, 2.75) is 20.0 Å². The number of nitrogens with zero attached hydrogens (tertiary/aromatic N) is 1. The molecule has 0 radical (unpaired) electrons. The summed E-state index contributed by atoms with van der Waals surface area (Å²) in [6.45, 7) is 3.32. The van der Waals surface area contributed by atoms with Gasteiger partial charge in [-0.15, -0.1) is 0 Å². The van der Waals surface area contributed by atoms with Crippen molar-refractivity contribution in [3.63, 3.8) is 0 Å². The summed E-state index contributed by atoms with van der Waals surface area (Å²) in [5.41, 5.74) is 1.68. The molecule has 0 fully saturated rings. The largest absolute Gasteiger partial charge is 0.449 e. The van der Waals surface area contributed by atoms with Crippen LogP contribution >= 0.6 is 34.8 Å². The molecule has 136 valence electrons. The SMILES string of the molecule is Cc1ccc(/C=C/C(=O)O[C@@H](C)C(=O)Nc2ncc(Cl)cc2Cl)cc1Cl. The lowest BCUT2D eigenvalue weighted by Crippen LogP contribution is -2.29. The number of rotatable bonds is 5. The quantitative estimate of drug-likeness (QED) is 0.557. The van der Waals surface area contributed by atoms with Crippen molar-refractivity contribution in [3.8, 4) is 0 Å². The van der Waals surface area contributed by atoms with Gasteiger partial charge in [-0.2, -0.15) is 0 Å². The highest BCUT2D eigenvalue weighted by molar-refractivity contribution is 6.36. The lowest BCUT2D eigenvalue weighted by molar-refractivity contribution is -0.148. The molecule has 0 aliphatic rings. The number of ether oxygens (including phenoxy) is 1. The summed E-state index contributed by atoms with van der Waals surface area (Å²) >= 11 is 17.7. The zero-order valence-corrected chi connectivity index (χ0v) is 16.2. The van der Waals surface area contributed by atoms with Crippen LogP contribution < -0.4 is 5.32 Å². The Balaban J connectivity index is 1.94. The highest BCUT2D eigenvalue weighted by Gasteiger charge is 2.18. The minimum Gasteiger partial charge on any atom is -0.449 e. The van der Waals surface area contributed by atoms with Gasteiger partial charge in [0.1, 0.15) is 0 Å². The molecule has 1 aromatic heterocycles. The predicted molar refractivity (Wildman–Crippen MR) is 104 cm³/mol. The van der Waals surface area contributed by atoms with Gasteiger partial charge in [0.2, 0.25) is 0 Å². The molecule has 1 aromatic carbocycles. The molecule has 1 atom stereocenters. The molecule has 0 unspecified atom stereocenters. The first kappa shape index (κ1) is 20.2. The topological polar surface area (TPSA) is 68.3 Å². The Hall–Kier alpha value is -2.08.